The number of esters is 1. The number of thiazole rings is 2. The molecule has 0 radical (unpaired) electrons. The number of aromatic nitrogens is 2. The van der Waals surface area contributed by atoms with Crippen LogP contribution in [0.25, 0.3) is 0 Å². The number of amides is 2. The third-order valence-corrected chi connectivity index (χ3v) is 8.65. The second-order valence-corrected chi connectivity index (χ2v) is 12.5. The monoisotopic (exact) mass is 578 g/mol. The van der Waals surface area contributed by atoms with E-state index < -0.39 is 35.9 Å². The summed E-state index contributed by atoms with van der Waals surface area (Å²) in [6.45, 7) is 6.98. The molecule has 2 N–H and O–H groups in total. The molecule has 39 heavy (non-hydrogen) atoms. The second-order valence-electron chi connectivity index (χ2n) is 10.6. The molecule has 0 saturated heterocycles. The van der Waals surface area contributed by atoms with Crippen LogP contribution in [-0.2, 0) is 25.5 Å². The van der Waals surface area contributed by atoms with Crippen molar-refractivity contribution in [3.05, 3.63) is 32.7 Å². The van der Waals surface area contributed by atoms with Crippen LogP contribution in [0.15, 0.2) is 17.0 Å². The maximum atomic E-state index is 13.1. The molecule has 3 rings (SSSR count). The van der Waals surface area contributed by atoms with Crippen LogP contribution < -0.4 is 5.32 Å². The first-order chi connectivity index (χ1) is 18.4. The average Bonchev–Trinajstić information content (AvgIpc) is 3.30. The first-order valence-electron chi connectivity index (χ1n) is 13.2. The molecule has 2 amide bonds. The molecule has 2 heterocycles. The van der Waals surface area contributed by atoms with E-state index in [0.29, 0.717) is 30.2 Å². The molecule has 1 fully saturated rings. The summed E-state index contributed by atoms with van der Waals surface area (Å²) in [5, 5.41) is 17.0. The molecule has 2 aromatic rings. The summed E-state index contributed by atoms with van der Waals surface area (Å²) in [5.41, 5.74) is 0.165. The zero-order valence-corrected chi connectivity index (χ0v) is 24.7. The number of rotatable bonds is 15. The zero-order chi connectivity index (χ0) is 28.7. The number of hydrogen-bond donors (Lipinski definition) is 2. The standard InChI is InChI=1S/C27H38N4O6S2/c1-15(2)21(31(5)24(33)11-18-6-7-18)13-22(37-17(4)32)26-30-20(14-39-26)25(34)29-19(10-16(3)27(35)36)12-23-28-8-9-38-23/h8-9,14-16,18-19,21-22H,6-7,10-13H2,1-5H3,(H,29,34)(H,35,36)/t16-,19+,21+,22+/m0/s1. The lowest BCUT2D eigenvalue weighted by Gasteiger charge is -2.33. The van der Waals surface area contributed by atoms with Crippen molar-refractivity contribution in [3.8, 4) is 0 Å². The van der Waals surface area contributed by atoms with Gasteiger partial charge in [-0.15, -0.1) is 22.7 Å². The van der Waals surface area contributed by atoms with Gasteiger partial charge in [0, 0.05) is 62.3 Å². The fourth-order valence-electron chi connectivity index (χ4n) is 4.48. The summed E-state index contributed by atoms with van der Waals surface area (Å²) in [6, 6.07) is -0.623. The molecule has 1 aliphatic rings. The van der Waals surface area contributed by atoms with Crippen molar-refractivity contribution in [2.75, 3.05) is 7.05 Å². The molecule has 1 saturated carbocycles. The van der Waals surface area contributed by atoms with E-state index >= 15 is 0 Å². The maximum Gasteiger partial charge on any atom is 0.306 e. The lowest BCUT2D eigenvalue weighted by Crippen LogP contribution is -2.42. The van der Waals surface area contributed by atoms with E-state index in [2.05, 4.69) is 15.3 Å². The normalized spacial score (nSPS) is 16.3. The summed E-state index contributed by atoms with van der Waals surface area (Å²) < 4.78 is 5.63. The Morgan fingerprint density at radius 1 is 1.18 bits per heavy atom. The van der Waals surface area contributed by atoms with Crippen LogP contribution in [0.1, 0.15) is 86.4 Å². The average molecular weight is 579 g/mol. The summed E-state index contributed by atoms with van der Waals surface area (Å²) in [5.74, 6) is -1.83. The quantitative estimate of drug-likeness (QED) is 0.298. The van der Waals surface area contributed by atoms with Crippen LogP contribution >= 0.6 is 22.7 Å². The predicted molar refractivity (Wildman–Crippen MR) is 148 cm³/mol. The topological polar surface area (TPSA) is 139 Å². The Morgan fingerprint density at radius 2 is 1.90 bits per heavy atom. The number of nitrogens with one attached hydrogen (secondary N) is 1. The van der Waals surface area contributed by atoms with Crippen molar-refractivity contribution in [1.29, 1.82) is 0 Å². The number of carbonyl (C=O) groups is 4. The van der Waals surface area contributed by atoms with Gasteiger partial charge in [-0.3, -0.25) is 19.2 Å². The number of nitrogens with zero attached hydrogens (tertiary/aromatic N) is 3. The van der Waals surface area contributed by atoms with Crippen molar-refractivity contribution in [1.82, 2.24) is 20.2 Å². The molecule has 1 aliphatic carbocycles. The molecular weight excluding hydrogens is 540 g/mol. The third-order valence-electron chi connectivity index (χ3n) is 6.91. The summed E-state index contributed by atoms with van der Waals surface area (Å²) in [4.78, 5) is 59.9. The highest BCUT2D eigenvalue weighted by atomic mass is 32.1. The van der Waals surface area contributed by atoms with Gasteiger partial charge >= 0.3 is 11.9 Å². The number of ether oxygens (including phenoxy) is 1. The van der Waals surface area contributed by atoms with Crippen molar-refractivity contribution < 1.29 is 29.0 Å². The van der Waals surface area contributed by atoms with Crippen LogP contribution in [-0.4, -0.2) is 62.9 Å². The molecule has 0 aromatic carbocycles. The van der Waals surface area contributed by atoms with Gasteiger partial charge < -0.3 is 20.1 Å². The number of carbonyl (C=O) groups excluding carboxylic acids is 3. The predicted octanol–water partition coefficient (Wildman–Crippen LogP) is 4.33. The molecule has 0 spiro atoms. The van der Waals surface area contributed by atoms with Gasteiger partial charge in [0.2, 0.25) is 5.91 Å². The van der Waals surface area contributed by atoms with Crippen molar-refractivity contribution in [3.63, 3.8) is 0 Å². The van der Waals surface area contributed by atoms with E-state index in [1.54, 1.807) is 30.4 Å². The van der Waals surface area contributed by atoms with Crippen LogP contribution in [0.5, 0.6) is 0 Å². The summed E-state index contributed by atoms with van der Waals surface area (Å²) in [7, 11) is 1.79. The van der Waals surface area contributed by atoms with Crippen LogP contribution in [0.4, 0.5) is 0 Å². The minimum Gasteiger partial charge on any atom is -0.481 e. The Balaban J connectivity index is 1.74. The van der Waals surface area contributed by atoms with Crippen LogP contribution in [0, 0.1) is 17.8 Å². The minimum atomic E-state index is -0.936. The molecule has 214 valence electrons. The molecule has 0 aliphatic heterocycles. The van der Waals surface area contributed by atoms with Gasteiger partial charge in [-0.1, -0.05) is 20.8 Å². The highest BCUT2D eigenvalue weighted by molar-refractivity contribution is 7.10. The smallest absolute Gasteiger partial charge is 0.306 e. The van der Waals surface area contributed by atoms with Gasteiger partial charge in [-0.2, -0.15) is 0 Å². The van der Waals surface area contributed by atoms with Crippen molar-refractivity contribution >= 4 is 46.4 Å². The van der Waals surface area contributed by atoms with Crippen LogP contribution in [0.3, 0.4) is 0 Å². The van der Waals surface area contributed by atoms with E-state index in [4.69, 9.17) is 4.74 Å². The lowest BCUT2D eigenvalue weighted by atomic mass is 9.96. The molecule has 2 aromatic heterocycles. The van der Waals surface area contributed by atoms with Gasteiger partial charge in [-0.05, 0) is 31.1 Å². The van der Waals surface area contributed by atoms with E-state index in [1.165, 1.54) is 29.6 Å². The Morgan fingerprint density at radius 3 is 2.46 bits per heavy atom. The van der Waals surface area contributed by atoms with Gasteiger partial charge in [0.15, 0.2) is 6.10 Å². The highest BCUT2D eigenvalue weighted by Gasteiger charge is 2.33. The summed E-state index contributed by atoms with van der Waals surface area (Å²) >= 11 is 2.66. The Kier molecular flexibility index (Phi) is 11.0. The number of aliphatic carboxylic acids is 1. The summed E-state index contributed by atoms with van der Waals surface area (Å²) in [6.07, 6.45) is 4.68. The molecular formula is C27H38N4O6S2. The molecule has 10 nitrogen and oxygen atoms in total. The minimum absolute atomic E-state index is 0.0823. The van der Waals surface area contributed by atoms with Crippen molar-refractivity contribution in [2.45, 2.75) is 84.4 Å². The zero-order valence-electron chi connectivity index (χ0n) is 23.1. The molecule has 0 bridgehead atoms. The Hall–Kier alpha value is -2.86. The fourth-order valence-corrected chi connectivity index (χ4v) is 6.02. The van der Waals surface area contributed by atoms with E-state index in [9.17, 15) is 24.3 Å². The number of carboxylic acids is 1. The maximum absolute atomic E-state index is 13.1. The first kappa shape index (κ1) is 30.7. The van der Waals surface area contributed by atoms with E-state index in [-0.39, 0.29) is 30.0 Å². The third kappa shape index (κ3) is 9.38. The van der Waals surface area contributed by atoms with Gasteiger partial charge in [0.1, 0.15) is 10.7 Å². The highest BCUT2D eigenvalue weighted by Crippen LogP contribution is 2.35. The molecule has 0 unspecified atom stereocenters. The SMILES string of the molecule is CC(=O)O[C@H](C[C@H](C(C)C)N(C)C(=O)CC1CC1)c1nc(C(=O)N[C@@H](Cc2nccs2)C[C@H](C)C(=O)O)cs1. The lowest BCUT2D eigenvalue weighted by molar-refractivity contribution is -0.148. The Bertz CT molecular complexity index is 1130. The van der Waals surface area contributed by atoms with E-state index in [1.807, 2.05) is 19.2 Å². The largest absolute Gasteiger partial charge is 0.481 e. The first-order valence-corrected chi connectivity index (χ1v) is 15.0. The number of hydrogen-bond acceptors (Lipinski definition) is 9. The van der Waals surface area contributed by atoms with Gasteiger partial charge in [0.25, 0.3) is 5.91 Å². The van der Waals surface area contributed by atoms with E-state index in [0.717, 1.165) is 17.8 Å². The van der Waals surface area contributed by atoms with Crippen molar-refractivity contribution in [2.24, 2.45) is 17.8 Å². The number of carboxylic acid groups (broad SMARTS) is 1. The molecule has 4 atom stereocenters. The van der Waals surface area contributed by atoms with Gasteiger partial charge in [0.05, 0.1) is 10.9 Å². The molecule has 12 heteroatoms. The van der Waals surface area contributed by atoms with Gasteiger partial charge in [-0.25, -0.2) is 9.97 Å². The van der Waals surface area contributed by atoms with Crippen LogP contribution in [0.2, 0.25) is 0 Å². The fraction of sp³-hybridized carbons (Fsp3) is 0.630. The second kappa shape index (κ2) is 14.0. The Labute approximate surface area is 237 Å².